The second-order valence-electron chi connectivity index (χ2n) is 6.94. The molecule has 2 aliphatic rings. The molecule has 23 heavy (non-hydrogen) atoms. The van der Waals surface area contributed by atoms with Gasteiger partial charge < -0.3 is 16.0 Å². The van der Waals surface area contributed by atoms with Crippen LogP contribution in [0.15, 0.2) is 24.3 Å². The van der Waals surface area contributed by atoms with Crippen LogP contribution in [0.4, 0.5) is 5.69 Å². The quantitative estimate of drug-likeness (QED) is 0.796. The summed E-state index contributed by atoms with van der Waals surface area (Å²) < 4.78 is 0. The molecule has 0 spiro atoms. The van der Waals surface area contributed by atoms with Gasteiger partial charge in [-0.05, 0) is 62.0 Å². The summed E-state index contributed by atoms with van der Waals surface area (Å²) in [5, 5.41) is 9.35. The Morgan fingerprint density at radius 3 is 2.43 bits per heavy atom. The van der Waals surface area contributed by atoms with Gasteiger partial charge in [-0.2, -0.15) is 0 Å². The van der Waals surface area contributed by atoms with Gasteiger partial charge in [0.2, 0.25) is 5.91 Å². The molecule has 0 aromatic heterocycles. The lowest BCUT2D eigenvalue weighted by Gasteiger charge is -2.30. The first-order valence-corrected chi connectivity index (χ1v) is 8.47. The van der Waals surface area contributed by atoms with Crippen molar-refractivity contribution >= 4 is 17.5 Å². The topological polar surface area (TPSA) is 70.2 Å². The minimum atomic E-state index is -0.0440. The monoisotopic (exact) mass is 315 g/mol. The van der Waals surface area contributed by atoms with E-state index in [1.165, 1.54) is 0 Å². The van der Waals surface area contributed by atoms with Gasteiger partial charge in [0.15, 0.2) is 0 Å². The van der Waals surface area contributed by atoms with Gasteiger partial charge in [0, 0.05) is 23.2 Å². The van der Waals surface area contributed by atoms with Crippen LogP contribution in [0, 0.1) is 17.8 Å². The number of carbonyl (C=O) groups excluding carboxylic acids is 2. The van der Waals surface area contributed by atoms with Crippen molar-refractivity contribution in [2.75, 3.05) is 18.4 Å². The summed E-state index contributed by atoms with van der Waals surface area (Å²) >= 11 is 0. The van der Waals surface area contributed by atoms with Crippen LogP contribution in [-0.2, 0) is 4.79 Å². The molecule has 1 saturated carbocycles. The number of carbonyl (C=O) groups is 2. The Bertz CT molecular complexity index is 584. The molecule has 2 fully saturated rings. The fourth-order valence-corrected chi connectivity index (χ4v) is 3.11. The maximum atomic E-state index is 12.3. The highest BCUT2D eigenvalue weighted by Gasteiger charge is 2.39. The summed E-state index contributed by atoms with van der Waals surface area (Å²) in [5.74, 6) is 1.12. The Balaban J connectivity index is 1.55. The van der Waals surface area contributed by atoms with Gasteiger partial charge in [-0.15, -0.1) is 0 Å². The molecule has 1 heterocycles. The van der Waals surface area contributed by atoms with Crippen LogP contribution in [-0.4, -0.2) is 30.9 Å². The predicted octanol–water partition coefficient (Wildman–Crippen LogP) is 2.01. The minimum Gasteiger partial charge on any atom is -0.349 e. The van der Waals surface area contributed by atoms with E-state index >= 15 is 0 Å². The zero-order valence-electron chi connectivity index (χ0n) is 13.8. The van der Waals surface area contributed by atoms with Crippen LogP contribution in [0.1, 0.15) is 37.0 Å². The highest BCUT2D eigenvalue weighted by molar-refractivity contribution is 5.97. The largest absolute Gasteiger partial charge is 0.349 e. The van der Waals surface area contributed by atoms with Crippen molar-refractivity contribution in [2.45, 2.75) is 32.7 Å². The van der Waals surface area contributed by atoms with Crippen molar-refractivity contribution < 1.29 is 9.59 Å². The third-order valence-electron chi connectivity index (χ3n) is 4.96. The number of piperidine rings is 1. The van der Waals surface area contributed by atoms with E-state index in [4.69, 9.17) is 0 Å². The van der Waals surface area contributed by atoms with E-state index in [1.807, 2.05) is 0 Å². The second kappa shape index (κ2) is 6.71. The van der Waals surface area contributed by atoms with E-state index in [0.29, 0.717) is 17.4 Å². The molecule has 1 aromatic carbocycles. The molecule has 5 heteroatoms. The molecule has 0 bridgehead atoms. The van der Waals surface area contributed by atoms with Gasteiger partial charge in [0.1, 0.15) is 0 Å². The number of rotatable bonds is 4. The van der Waals surface area contributed by atoms with Crippen LogP contribution in [0.3, 0.4) is 0 Å². The molecule has 5 nitrogen and oxygen atoms in total. The van der Waals surface area contributed by atoms with E-state index in [1.54, 1.807) is 24.3 Å². The summed E-state index contributed by atoms with van der Waals surface area (Å²) in [4.78, 5) is 24.2. The smallest absolute Gasteiger partial charge is 0.251 e. The van der Waals surface area contributed by atoms with Gasteiger partial charge in [-0.1, -0.05) is 13.8 Å². The lowest BCUT2D eigenvalue weighted by atomic mass is 9.95. The van der Waals surface area contributed by atoms with Crippen molar-refractivity contribution in [3.05, 3.63) is 29.8 Å². The fraction of sp³-hybridized carbons (Fsp3) is 0.556. The second-order valence-corrected chi connectivity index (χ2v) is 6.94. The highest BCUT2D eigenvalue weighted by Crippen LogP contribution is 2.38. The third kappa shape index (κ3) is 3.91. The number of anilines is 1. The van der Waals surface area contributed by atoms with Crippen molar-refractivity contribution in [3.8, 4) is 0 Å². The maximum Gasteiger partial charge on any atom is 0.251 e. The highest BCUT2D eigenvalue weighted by atomic mass is 16.2. The van der Waals surface area contributed by atoms with E-state index in [-0.39, 0.29) is 23.8 Å². The fourth-order valence-electron chi connectivity index (χ4n) is 3.11. The molecular weight excluding hydrogens is 290 g/mol. The number of hydrogen-bond donors (Lipinski definition) is 3. The van der Waals surface area contributed by atoms with Crippen molar-refractivity contribution in [2.24, 2.45) is 17.8 Å². The molecule has 1 aliphatic heterocycles. The number of amides is 2. The van der Waals surface area contributed by atoms with Gasteiger partial charge in [-0.3, -0.25) is 9.59 Å². The predicted molar refractivity (Wildman–Crippen MR) is 90.2 cm³/mol. The van der Waals surface area contributed by atoms with Gasteiger partial charge in [-0.25, -0.2) is 0 Å². The summed E-state index contributed by atoms with van der Waals surface area (Å²) in [5.41, 5.74) is 1.38. The molecule has 0 radical (unpaired) electrons. The number of benzene rings is 1. The van der Waals surface area contributed by atoms with E-state index < -0.39 is 0 Å². The third-order valence-corrected chi connectivity index (χ3v) is 4.96. The summed E-state index contributed by atoms with van der Waals surface area (Å²) in [6, 6.07) is 7.36. The molecule has 4 unspecified atom stereocenters. The van der Waals surface area contributed by atoms with Gasteiger partial charge in [0.05, 0.1) is 0 Å². The van der Waals surface area contributed by atoms with Crippen LogP contribution in [0.5, 0.6) is 0 Å². The van der Waals surface area contributed by atoms with Gasteiger partial charge in [0.25, 0.3) is 5.91 Å². The summed E-state index contributed by atoms with van der Waals surface area (Å²) in [6.07, 6.45) is 1.93. The lowest BCUT2D eigenvalue weighted by Crippen LogP contribution is -2.48. The standard InChI is InChI=1S/C18H25N3O2/c1-11-9-15(11)18(23)20-14-5-3-13(4-6-14)17(22)21-16-7-8-19-10-12(16)2/h3-6,11-12,15-16,19H,7-10H2,1-2H3,(H,20,23)(H,21,22). The first-order chi connectivity index (χ1) is 11.0. The molecular formula is C18H25N3O2. The van der Waals surface area contributed by atoms with Crippen LogP contribution < -0.4 is 16.0 Å². The lowest BCUT2D eigenvalue weighted by molar-refractivity contribution is -0.117. The zero-order chi connectivity index (χ0) is 16.4. The van der Waals surface area contributed by atoms with Crippen molar-refractivity contribution in [1.29, 1.82) is 0 Å². The summed E-state index contributed by atoms with van der Waals surface area (Å²) in [6.45, 7) is 6.11. The van der Waals surface area contributed by atoms with E-state index in [2.05, 4.69) is 29.8 Å². The van der Waals surface area contributed by atoms with E-state index in [9.17, 15) is 9.59 Å². The molecule has 1 saturated heterocycles. The van der Waals surface area contributed by atoms with E-state index in [0.717, 1.165) is 31.6 Å². The minimum absolute atomic E-state index is 0.0440. The SMILES string of the molecule is CC1CNCCC1NC(=O)c1ccc(NC(=O)C2CC2C)cc1. The molecule has 2 amide bonds. The number of nitrogens with one attached hydrogen (secondary N) is 3. The molecule has 3 N–H and O–H groups in total. The Labute approximate surface area is 137 Å². The van der Waals surface area contributed by atoms with Crippen LogP contribution >= 0.6 is 0 Å². The molecule has 1 aromatic rings. The average Bonchev–Trinajstić information content (AvgIpc) is 3.27. The molecule has 1 aliphatic carbocycles. The average molecular weight is 315 g/mol. The Kier molecular flexibility index (Phi) is 4.66. The van der Waals surface area contributed by atoms with Gasteiger partial charge >= 0.3 is 0 Å². The first kappa shape index (κ1) is 16.0. The first-order valence-electron chi connectivity index (χ1n) is 8.47. The molecule has 3 rings (SSSR count). The van der Waals surface area contributed by atoms with Crippen LogP contribution in [0.2, 0.25) is 0 Å². The maximum absolute atomic E-state index is 12.3. The Hall–Kier alpha value is -1.88. The van der Waals surface area contributed by atoms with Crippen molar-refractivity contribution in [3.63, 3.8) is 0 Å². The molecule has 4 atom stereocenters. The van der Waals surface area contributed by atoms with Crippen molar-refractivity contribution in [1.82, 2.24) is 10.6 Å². The molecule has 124 valence electrons. The Morgan fingerprint density at radius 1 is 1.13 bits per heavy atom. The Morgan fingerprint density at radius 2 is 1.83 bits per heavy atom. The normalized spacial score (nSPS) is 29.7. The number of hydrogen-bond acceptors (Lipinski definition) is 3. The van der Waals surface area contributed by atoms with Crippen LogP contribution in [0.25, 0.3) is 0 Å². The zero-order valence-corrected chi connectivity index (χ0v) is 13.8. The summed E-state index contributed by atoms with van der Waals surface area (Å²) in [7, 11) is 0.